The number of hydrogen-bond acceptors (Lipinski definition) is 6. The number of rotatable bonds is 4. The highest BCUT2D eigenvalue weighted by Gasteiger charge is 2.31. The lowest BCUT2D eigenvalue weighted by Crippen LogP contribution is -2.49. The zero-order valence-corrected chi connectivity index (χ0v) is 18.5. The maximum atomic E-state index is 13.7. The van der Waals surface area contributed by atoms with Crippen LogP contribution >= 0.6 is 11.3 Å². The van der Waals surface area contributed by atoms with Crippen molar-refractivity contribution < 1.29 is 17.6 Å². The van der Waals surface area contributed by atoms with Crippen molar-refractivity contribution in [3.05, 3.63) is 53.6 Å². The summed E-state index contributed by atoms with van der Waals surface area (Å²) in [4.78, 5) is 24.8. The molecule has 2 N–H and O–H groups in total. The molecule has 1 aromatic carbocycles. The zero-order chi connectivity index (χ0) is 22.3. The SMILES string of the molecule is Cc1cc(F)cc(-c2ccc(N3CCCN(c4nc(C)c(S(N)(=O)=O)s4)C3=O)cc2)n1. The van der Waals surface area contributed by atoms with E-state index >= 15 is 0 Å². The van der Waals surface area contributed by atoms with E-state index in [1.807, 2.05) is 0 Å². The second kappa shape index (κ2) is 7.98. The number of nitrogens with two attached hydrogens (primary N) is 1. The Morgan fingerprint density at radius 1 is 1.06 bits per heavy atom. The number of carbonyl (C=O) groups excluding carboxylic acids is 1. The number of carbonyl (C=O) groups is 1. The van der Waals surface area contributed by atoms with Crippen LogP contribution in [0.1, 0.15) is 17.8 Å². The Morgan fingerprint density at radius 3 is 2.35 bits per heavy atom. The first-order valence-electron chi connectivity index (χ1n) is 9.47. The molecule has 162 valence electrons. The Labute approximate surface area is 183 Å². The number of aryl methyl sites for hydroxylation is 2. The summed E-state index contributed by atoms with van der Waals surface area (Å²) in [5.41, 5.74) is 2.78. The van der Waals surface area contributed by atoms with Crippen LogP contribution in [0.4, 0.5) is 20.0 Å². The Hall–Kier alpha value is -2.89. The van der Waals surface area contributed by atoms with E-state index in [1.165, 1.54) is 17.0 Å². The molecule has 3 aromatic rings. The Kier molecular flexibility index (Phi) is 5.50. The van der Waals surface area contributed by atoms with Gasteiger partial charge in [-0.05, 0) is 38.5 Å². The fourth-order valence-corrected chi connectivity index (χ4v) is 5.44. The molecule has 0 unspecified atom stereocenters. The summed E-state index contributed by atoms with van der Waals surface area (Å²) in [6.07, 6.45) is 0.682. The number of halogens is 1. The lowest BCUT2D eigenvalue weighted by Gasteiger charge is -2.34. The summed E-state index contributed by atoms with van der Waals surface area (Å²) in [5.74, 6) is -0.356. The van der Waals surface area contributed by atoms with Gasteiger partial charge in [0.25, 0.3) is 0 Å². The van der Waals surface area contributed by atoms with Gasteiger partial charge in [-0.1, -0.05) is 23.5 Å². The molecule has 1 saturated heterocycles. The van der Waals surface area contributed by atoms with Gasteiger partial charge in [-0.25, -0.2) is 27.7 Å². The normalized spacial score (nSPS) is 14.9. The third-order valence-corrected chi connectivity index (χ3v) is 7.58. The summed E-state index contributed by atoms with van der Waals surface area (Å²) in [6, 6.07) is 9.56. The number of hydrogen-bond donors (Lipinski definition) is 1. The molecule has 1 fully saturated rings. The number of nitrogens with zero attached hydrogens (tertiary/aromatic N) is 4. The summed E-state index contributed by atoms with van der Waals surface area (Å²) in [6.45, 7) is 4.21. The van der Waals surface area contributed by atoms with Crippen molar-refractivity contribution in [2.45, 2.75) is 24.5 Å². The number of primary sulfonamides is 1. The van der Waals surface area contributed by atoms with Crippen LogP contribution in [0.25, 0.3) is 11.3 Å². The average molecular weight is 462 g/mol. The molecule has 2 aromatic heterocycles. The summed E-state index contributed by atoms with van der Waals surface area (Å²) in [5, 5.41) is 5.53. The van der Waals surface area contributed by atoms with Crippen molar-refractivity contribution in [1.82, 2.24) is 9.97 Å². The molecule has 0 spiro atoms. The number of thiazole rings is 1. The van der Waals surface area contributed by atoms with Crippen LogP contribution in [0.5, 0.6) is 0 Å². The van der Waals surface area contributed by atoms with Crippen LogP contribution in [0.3, 0.4) is 0 Å². The largest absolute Gasteiger partial charge is 0.330 e. The fraction of sp³-hybridized carbons (Fsp3) is 0.250. The van der Waals surface area contributed by atoms with Crippen LogP contribution < -0.4 is 14.9 Å². The number of anilines is 2. The first kappa shape index (κ1) is 21.3. The third kappa shape index (κ3) is 4.29. The molecule has 11 heteroatoms. The minimum Gasteiger partial charge on any atom is -0.294 e. The Morgan fingerprint density at radius 2 is 1.74 bits per heavy atom. The summed E-state index contributed by atoms with van der Waals surface area (Å²) in [7, 11) is -3.90. The standard InChI is InChI=1S/C20H20FN5O3S2/c1-12-10-15(21)11-17(23-12)14-4-6-16(7-5-14)25-8-3-9-26(20(25)27)19-24-13(2)18(30-19)31(22,28)29/h4-7,10-11H,3,8-9H2,1-2H3,(H2,22,28,29). The summed E-state index contributed by atoms with van der Waals surface area (Å²) < 4.78 is 37.1. The van der Waals surface area contributed by atoms with Gasteiger partial charge in [-0.2, -0.15) is 0 Å². The van der Waals surface area contributed by atoms with Gasteiger partial charge in [0.2, 0.25) is 10.0 Å². The topological polar surface area (TPSA) is 109 Å². The fourth-order valence-electron chi connectivity index (χ4n) is 3.48. The van der Waals surface area contributed by atoms with Crippen molar-refractivity contribution in [3.63, 3.8) is 0 Å². The van der Waals surface area contributed by atoms with Gasteiger partial charge in [-0.15, -0.1) is 0 Å². The molecule has 1 aliphatic rings. The molecule has 2 amide bonds. The van der Waals surface area contributed by atoms with Gasteiger partial charge in [0, 0.05) is 36.1 Å². The Bertz CT molecular complexity index is 1240. The second-order valence-corrected chi connectivity index (χ2v) is 9.95. The first-order chi connectivity index (χ1) is 14.6. The van der Waals surface area contributed by atoms with Crippen LogP contribution in [0, 0.1) is 19.7 Å². The molecule has 8 nitrogen and oxygen atoms in total. The molecule has 0 radical (unpaired) electrons. The molecule has 0 atom stereocenters. The Balaban J connectivity index is 1.60. The van der Waals surface area contributed by atoms with Gasteiger partial charge < -0.3 is 0 Å². The molecule has 0 saturated carbocycles. The maximum Gasteiger partial charge on any atom is 0.330 e. The van der Waals surface area contributed by atoms with Gasteiger partial charge in [-0.3, -0.25) is 14.8 Å². The highest BCUT2D eigenvalue weighted by molar-refractivity contribution is 7.91. The van der Waals surface area contributed by atoms with Gasteiger partial charge in [0.1, 0.15) is 5.82 Å². The van der Waals surface area contributed by atoms with E-state index in [2.05, 4.69) is 9.97 Å². The van der Waals surface area contributed by atoms with Crippen molar-refractivity contribution in [2.75, 3.05) is 22.9 Å². The van der Waals surface area contributed by atoms with Crippen molar-refractivity contribution in [3.8, 4) is 11.3 Å². The van der Waals surface area contributed by atoms with Crippen LogP contribution in [-0.4, -0.2) is 37.5 Å². The molecule has 4 rings (SSSR count). The smallest absolute Gasteiger partial charge is 0.294 e. The van der Waals surface area contributed by atoms with Crippen LogP contribution in [0.15, 0.2) is 40.6 Å². The maximum absolute atomic E-state index is 13.7. The quantitative estimate of drug-likeness (QED) is 0.640. The van der Waals surface area contributed by atoms with Crippen molar-refractivity contribution >= 4 is 38.2 Å². The molecule has 0 aliphatic carbocycles. The average Bonchev–Trinajstić information content (AvgIpc) is 3.09. The van der Waals surface area contributed by atoms with Gasteiger partial charge in [0.15, 0.2) is 9.34 Å². The number of urea groups is 1. The van der Waals surface area contributed by atoms with Crippen LogP contribution in [-0.2, 0) is 10.0 Å². The van der Waals surface area contributed by atoms with Crippen LogP contribution in [0.2, 0.25) is 0 Å². The lowest BCUT2D eigenvalue weighted by molar-refractivity contribution is 0.248. The van der Waals surface area contributed by atoms with Gasteiger partial charge in [0.05, 0.1) is 11.4 Å². The van der Waals surface area contributed by atoms with Gasteiger partial charge >= 0.3 is 6.03 Å². The van der Waals surface area contributed by atoms with Crippen molar-refractivity contribution in [1.29, 1.82) is 0 Å². The van der Waals surface area contributed by atoms with Crippen molar-refractivity contribution in [2.24, 2.45) is 5.14 Å². The molecule has 1 aliphatic heterocycles. The number of aromatic nitrogens is 2. The predicted octanol–water partition coefficient (Wildman–Crippen LogP) is 3.45. The van der Waals surface area contributed by atoms with E-state index in [4.69, 9.17) is 5.14 Å². The van der Waals surface area contributed by atoms with E-state index in [9.17, 15) is 17.6 Å². The second-order valence-electron chi connectivity index (χ2n) is 7.21. The first-order valence-corrected chi connectivity index (χ1v) is 11.8. The third-order valence-electron chi connectivity index (χ3n) is 4.85. The number of pyridine rings is 1. The lowest BCUT2D eigenvalue weighted by atomic mass is 10.1. The minimum absolute atomic E-state index is 0.0466. The highest BCUT2D eigenvalue weighted by Crippen LogP contribution is 2.32. The van der Waals surface area contributed by atoms with E-state index < -0.39 is 10.0 Å². The van der Waals surface area contributed by atoms with E-state index in [-0.39, 0.29) is 21.8 Å². The minimum atomic E-state index is -3.90. The highest BCUT2D eigenvalue weighted by atomic mass is 32.2. The zero-order valence-electron chi connectivity index (χ0n) is 16.9. The molecule has 3 heterocycles. The summed E-state index contributed by atoms with van der Waals surface area (Å²) >= 11 is 0.887. The molecule has 31 heavy (non-hydrogen) atoms. The number of sulfonamides is 1. The van der Waals surface area contributed by atoms with E-state index in [0.29, 0.717) is 41.7 Å². The monoisotopic (exact) mass is 461 g/mol. The molecular weight excluding hydrogens is 441 g/mol. The van der Waals surface area contributed by atoms with E-state index in [0.717, 1.165) is 16.9 Å². The van der Waals surface area contributed by atoms with E-state index in [1.54, 1.807) is 43.0 Å². The molecular formula is C20H20FN5O3S2. The number of benzene rings is 1. The number of amides is 2. The molecule has 0 bridgehead atoms. The predicted molar refractivity (Wildman–Crippen MR) is 117 cm³/mol.